The number of hydrogen-bond donors (Lipinski definition) is 0. The lowest BCUT2D eigenvalue weighted by Gasteiger charge is -2.12. The van der Waals surface area contributed by atoms with E-state index in [0.29, 0.717) is 23.4 Å². The van der Waals surface area contributed by atoms with Gasteiger partial charge in [-0.1, -0.05) is 22.0 Å². The molecule has 0 radical (unpaired) electrons. The smallest absolute Gasteiger partial charge is 0.161 e. The molecule has 112 valence electrons. The highest BCUT2D eigenvalue weighted by atomic mass is 79.9. The fraction of sp³-hybridized carbons (Fsp3) is 0.312. The fourth-order valence-electron chi connectivity index (χ4n) is 1.96. The van der Waals surface area contributed by atoms with Crippen LogP contribution in [0.25, 0.3) is 0 Å². The number of halogens is 1. The minimum atomic E-state index is 0.449. The Morgan fingerprint density at radius 1 is 1.00 bits per heavy atom. The first-order valence-corrected chi connectivity index (χ1v) is 7.66. The summed E-state index contributed by atoms with van der Waals surface area (Å²) >= 11 is 3.43. The SMILES string of the molecule is COc1ccc(COc2ccc(C)nc2CBr)cc1OC. The molecule has 2 rings (SSSR count). The molecule has 5 heteroatoms. The van der Waals surface area contributed by atoms with Gasteiger partial charge in [0.1, 0.15) is 12.4 Å². The third-order valence-corrected chi connectivity index (χ3v) is 3.57. The summed E-state index contributed by atoms with van der Waals surface area (Å²) < 4.78 is 16.4. The van der Waals surface area contributed by atoms with Crippen molar-refractivity contribution in [1.82, 2.24) is 4.98 Å². The number of rotatable bonds is 6. The predicted octanol–water partition coefficient (Wildman–Crippen LogP) is 3.88. The van der Waals surface area contributed by atoms with Gasteiger partial charge in [-0.2, -0.15) is 0 Å². The predicted molar refractivity (Wildman–Crippen MR) is 85.5 cm³/mol. The van der Waals surface area contributed by atoms with Crippen LogP contribution in [-0.4, -0.2) is 19.2 Å². The van der Waals surface area contributed by atoms with Crippen LogP contribution in [0.2, 0.25) is 0 Å². The molecule has 0 unspecified atom stereocenters. The standard InChI is InChI=1S/C16H18BrNO3/c1-11-4-6-14(13(9-17)18-11)21-10-12-5-7-15(19-2)16(8-12)20-3/h4-8H,9-10H2,1-3H3. The second-order valence-corrected chi connectivity index (χ2v) is 5.07. The Hall–Kier alpha value is -1.75. The van der Waals surface area contributed by atoms with Crippen molar-refractivity contribution in [1.29, 1.82) is 0 Å². The van der Waals surface area contributed by atoms with E-state index in [1.165, 1.54) is 0 Å². The number of pyridine rings is 1. The molecular weight excluding hydrogens is 334 g/mol. The summed E-state index contributed by atoms with van der Waals surface area (Å²) in [5, 5.41) is 0.663. The van der Waals surface area contributed by atoms with E-state index in [1.807, 2.05) is 37.3 Å². The average molecular weight is 352 g/mol. The highest BCUT2D eigenvalue weighted by Crippen LogP contribution is 2.28. The van der Waals surface area contributed by atoms with Gasteiger partial charge < -0.3 is 14.2 Å². The van der Waals surface area contributed by atoms with Crippen molar-refractivity contribution in [2.45, 2.75) is 18.9 Å². The largest absolute Gasteiger partial charge is 0.493 e. The Bertz CT molecular complexity index is 616. The quantitative estimate of drug-likeness (QED) is 0.740. The minimum absolute atomic E-state index is 0.449. The maximum atomic E-state index is 5.85. The van der Waals surface area contributed by atoms with E-state index in [9.17, 15) is 0 Å². The van der Waals surface area contributed by atoms with Crippen LogP contribution in [-0.2, 0) is 11.9 Å². The number of methoxy groups -OCH3 is 2. The number of benzene rings is 1. The average Bonchev–Trinajstić information content (AvgIpc) is 2.53. The van der Waals surface area contributed by atoms with Crippen molar-refractivity contribution in [2.24, 2.45) is 0 Å². The van der Waals surface area contributed by atoms with Gasteiger partial charge in [0.15, 0.2) is 11.5 Å². The van der Waals surface area contributed by atoms with Crippen LogP contribution >= 0.6 is 15.9 Å². The maximum Gasteiger partial charge on any atom is 0.161 e. The first-order valence-electron chi connectivity index (χ1n) is 6.54. The van der Waals surface area contributed by atoms with Gasteiger partial charge in [0.05, 0.1) is 19.9 Å². The highest BCUT2D eigenvalue weighted by Gasteiger charge is 2.08. The van der Waals surface area contributed by atoms with Crippen LogP contribution in [0.3, 0.4) is 0 Å². The molecule has 2 aromatic rings. The van der Waals surface area contributed by atoms with Crippen molar-refractivity contribution in [3.05, 3.63) is 47.3 Å². The van der Waals surface area contributed by atoms with Gasteiger partial charge in [-0.25, -0.2) is 0 Å². The molecule has 4 nitrogen and oxygen atoms in total. The monoisotopic (exact) mass is 351 g/mol. The van der Waals surface area contributed by atoms with Crippen molar-refractivity contribution in [3.63, 3.8) is 0 Å². The van der Waals surface area contributed by atoms with Crippen LogP contribution < -0.4 is 14.2 Å². The molecule has 0 aliphatic heterocycles. The summed E-state index contributed by atoms with van der Waals surface area (Å²) in [5.74, 6) is 2.19. The van der Waals surface area contributed by atoms with Crippen LogP contribution in [0, 0.1) is 6.92 Å². The first kappa shape index (κ1) is 15.6. The molecule has 0 saturated heterocycles. The molecule has 0 atom stereocenters. The minimum Gasteiger partial charge on any atom is -0.493 e. The molecule has 1 heterocycles. The van der Waals surface area contributed by atoms with E-state index in [2.05, 4.69) is 20.9 Å². The molecule has 1 aromatic carbocycles. The zero-order valence-corrected chi connectivity index (χ0v) is 13.9. The Balaban J connectivity index is 2.13. The molecule has 0 aliphatic carbocycles. The van der Waals surface area contributed by atoms with E-state index in [4.69, 9.17) is 14.2 Å². The summed E-state index contributed by atoms with van der Waals surface area (Å²) in [5.41, 5.74) is 2.88. The number of aromatic nitrogens is 1. The maximum absolute atomic E-state index is 5.85. The molecule has 0 N–H and O–H groups in total. The fourth-order valence-corrected chi connectivity index (χ4v) is 2.36. The third-order valence-electron chi connectivity index (χ3n) is 3.04. The number of aryl methyl sites for hydroxylation is 1. The van der Waals surface area contributed by atoms with E-state index in [1.54, 1.807) is 14.2 Å². The third kappa shape index (κ3) is 3.88. The van der Waals surface area contributed by atoms with Gasteiger partial charge in [0.2, 0.25) is 0 Å². The Morgan fingerprint density at radius 3 is 2.38 bits per heavy atom. The lowest BCUT2D eigenvalue weighted by atomic mass is 10.2. The van der Waals surface area contributed by atoms with Crippen LogP contribution in [0.1, 0.15) is 17.0 Å². The summed E-state index contributed by atoms with van der Waals surface area (Å²) in [6, 6.07) is 9.62. The van der Waals surface area contributed by atoms with Crippen molar-refractivity contribution in [3.8, 4) is 17.2 Å². The van der Waals surface area contributed by atoms with E-state index >= 15 is 0 Å². The number of nitrogens with zero attached hydrogens (tertiary/aromatic N) is 1. The van der Waals surface area contributed by atoms with Gasteiger partial charge in [0, 0.05) is 11.0 Å². The van der Waals surface area contributed by atoms with E-state index in [0.717, 1.165) is 22.7 Å². The lowest BCUT2D eigenvalue weighted by Crippen LogP contribution is -2.01. The summed E-state index contributed by atoms with van der Waals surface area (Å²) in [6.45, 7) is 2.41. The molecule has 0 amide bonds. The van der Waals surface area contributed by atoms with Gasteiger partial charge >= 0.3 is 0 Å². The number of ether oxygens (including phenoxy) is 3. The Labute approximate surface area is 133 Å². The van der Waals surface area contributed by atoms with E-state index < -0.39 is 0 Å². The van der Waals surface area contributed by atoms with Crippen LogP contribution in [0.5, 0.6) is 17.2 Å². The van der Waals surface area contributed by atoms with Crippen LogP contribution in [0.4, 0.5) is 0 Å². The first-order chi connectivity index (χ1) is 10.2. The van der Waals surface area contributed by atoms with Crippen LogP contribution in [0.15, 0.2) is 30.3 Å². The molecular formula is C16H18BrNO3. The lowest BCUT2D eigenvalue weighted by molar-refractivity contribution is 0.300. The van der Waals surface area contributed by atoms with Crippen molar-refractivity contribution in [2.75, 3.05) is 14.2 Å². The molecule has 0 fully saturated rings. The van der Waals surface area contributed by atoms with Gasteiger partial charge in [0.25, 0.3) is 0 Å². The van der Waals surface area contributed by atoms with Crippen molar-refractivity contribution < 1.29 is 14.2 Å². The highest BCUT2D eigenvalue weighted by molar-refractivity contribution is 9.08. The zero-order valence-electron chi connectivity index (χ0n) is 12.4. The Kier molecular flexibility index (Phi) is 5.44. The molecule has 0 spiro atoms. The summed E-state index contributed by atoms with van der Waals surface area (Å²) in [4.78, 5) is 4.45. The van der Waals surface area contributed by atoms with Gasteiger partial charge in [-0.05, 0) is 36.8 Å². The normalized spacial score (nSPS) is 10.3. The Morgan fingerprint density at radius 2 is 1.71 bits per heavy atom. The molecule has 21 heavy (non-hydrogen) atoms. The molecule has 0 saturated carbocycles. The van der Waals surface area contributed by atoms with Gasteiger partial charge in [-0.3, -0.25) is 4.98 Å². The summed E-state index contributed by atoms with van der Waals surface area (Å²) in [7, 11) is 3.24. The summed E-state index contributed by atoms with van der Waals surface area (Å²) in [6.07, 6.45) is 0. The molecule has 0 bridgehead atoms. The second-order valence-electron chi connectivity index (χ2n) is 4.51. The topological polar surface area (TPSA) is 40.6 Å². The zero-order chi connectivity index (χ0) is 15.2. The van der Waals surface area contributed by atoms with E-state index in [-0.39, 0.29) is 0 Å². The van der Waals surface area contributed by atoms with Crippen molar-refractivity contribution >= 4 is 15.9 Å². The molecule has 1 aromatic heterocycles. The molecule has 0 aliphatic rings. The number of alkyl halides is 1. The second kappa shape index (κ2) is 7.31. The number of hydrogen-bond acceptors (Lipinski definition) is 4. The van der Waals surface area contributed by atoms with Gasteiger partial charge in [-0.15, -0.1) is 0 Å².